The quantitative estimate of drug-likeness (QED) is 0.753. The Morgan fingerprint density at radius 3 is 2.33 bits per heavy atom. The molecule has 1 heterocycles. The molecule has 0 bridgehead atoms. The molecular weight excluding hydrogens is 231 g/mol. The van der Waals surface area contributed by atoms with Crippen molar-refractivity contribution in [3.63, 3.8) is 0 Å². The summed E-state index contributed by atoms with van der Waals surface area (Å²) < 4.78 is 19.1. The summed E-state index contributed by atoms with van der Waals surface area (Å²) in [5.74, 6) is 0.422. The van der Waals surface area contributed by atoms with Crippen LogP contribution in [0.15, 0.2) is 22.6 Å². The molecule has 0 unspecified atom stereocenters. The van der Waals surface area contributed by atoms with Gasteiger partial charge in [-0.1, -0.05) is 11.6 Å². The molecule has 0 aliphatic heterocycles. The Labute approximate surface area is 105 Å². The van der Waals surface area contributed by atoms with Gasteiger partial charge in [-0.05, 0) is 39.8 Å². The topological polar surface area (TPSA) is 30.2 Å². The van der Waals surface area contributed by atoms with Crippen LogP contribution in [0.5, 0.6) is 0 Å². The molecule has 1 aromatic carbocycles. The molecule has 0 saturated heterocycles. The number of hydrogen-bond acceptors (Lipinski definition) is 2. The van der Waals surface area contributed by atoms with Crippen molar-refractivity contribution in [1.82, 2.24) is 0 Å². The first kappa shape index (κ1) is 12.6. The van der Waals surface area contributed by atoms with Crippen molar-refractivity contribution >= 4 is 5.78 Å². The van der Waals surface area contributed by atoms with Gasteiger partial charge in [0, 0.05) is 5.56 Å². The van der Waals surface area contributed by atoms with Crippen LogP contribution in [-0.4, -0.2) is 5.78 Å². The standard InChI is InChI=1S/C15H15FO2/c1-8-5-6-13(16)12(7-8)15(17)14-9(2)10(3)18-11(14)4/h5-7H,1-4H3. The van der Waals surface area contributed by atoms with Gasteiger partial charge in [0.1, 0.15) is 17.3 Å². The molecule has 0 amide bonds. The molecule has 0 N–H and O–H groups in total. The Kier molecular flexibility index (Phi) is 3.07. The fraction of sp³-hybridized carbons (Fsp3) is 0.267. The maximum atomic E-state index is 13.7. The Morgan fingerprint density at radius 2 is 1.78 bits per heavy atom. The predicted molar refractivity (Wildman–Crippen MR) is 67.5 cm³/mol. The van der Waals surface area contributed by atoms with Gasteiger partial charge in [-0.3, -0.25) is 4.79 Å². The smallest absolute Gasteiger partial charge is 0.199 e. The second-order valence-electron chi connectivity index (χ2n) is 4.53. The lowest BCUT2D eigenvalue weighted by Gasteiger charge is -2.04. The van der Waals surface area contributed by atoms with Crippen LogP contribution in [0.4, 0.5) is 4.39 Å². The number of carbonyl (C=O) groups excluding carboxylic acids is 1. The summed E-state index contributed by atoms with van der Waals surface area (Å²) in [7, 11) is 0. The average molecular weight is 246 g/mol. The van der Waals surface area contributed by atoms with Crippen molar-refractivity contribution in [1.29, 1.82) is 0 Å². The van der Waals surface area contributed by atoms with Gasteiger partial charge >= 0.3 is 0 Å². The molecule has 94 valence electrons. The Hall–Kier alpha value is -1.90. The zero-order chi connectivity index (χ0) is 13.4. The Morgan fingerprint density at radius 1 is 1.11 bits per heavy atom. The van der Waals surface area contributed by atoms with E-state index in [1.807, 2.05) is 13.8 Å². The van der Waals surface area contributed by atoms with E-state index in [9.17, 15) is 9.18 Å². The van der Waals surface area contributed by atoms with Gasteiger partial charge in [0.2, 0.25) is 0 Å². The molecule has 2 rings (SSSR count). The summed E-state index contributed by atoms with van der Waals surface area (Å²) in [4.78, 5) is 12.4. The first-order valence-electron chi connectivity index (χ1n) is 5.79. The maximum absolute atomic E-state index is 13.7. The van der Waals surface area contributed by atoms with Crippen LogP contribution in [0.1, 0.15) is 38.6 Å². The summed E-state index contributed by atoms with van der Waals surface area (Å²) in [6, 6.07) is 4.53. The van der Waals surface area contributed by atoms with Crippen LogP contribution in [0.25, 0.3) is 0 Å². The van der Waals surface area contributed by atoms with Gasteiger partial charge < -0.3 is 4.42 Å². The van der Waals surface area contributed by atoms with E-state index in [-0.39, 0.29) is 11.3 Å². The number of aryl methyl sites for hydroxylation is 3. The second kappa shape index (κ2) is 4.41. The van der Waals surface area contributed by atoms with Crippen LogP contribution < -0.4 is 0 Å². The third-order valence-electron chi connectivity index (χ3n) is 3.15. The van der Waals surface area contributed by atoms with E-state index in [0.717, 1.165) is 11.1 Å². The first-order chi connectivity index (χ1) is 8.41. The molecule has 0 radical (unpaired) electrons. The second-order valence-corrected chi connectivity index (χ2v) is 4.53. The highest BCUT2D eigenvalue weighted by atomic mass is 19.1. The molecule has 18 heavy (non-hydrogen) atoms. The summed E-state index contributed by atoms with van der Waals surface area (Å²) in [6.07, 6.45) is 0. The minimum Gasteiger partial charge on any atom is -0.466 e. The molecule has 0 spiro atoms. The number of hydrogen-bond donors (Lipinski definition) is 0. The van der Waals surface area contributed by atoms with Crippen molar-refractivity contribution in [2.24, 2.45) is 0 Å². The number of rotatable bonds is 2. The van der Waals surface area contributed by atoms with Gasteiger partial charge in [0.05, 0.1) is 11.1 Å². The van der Waals surface area contributed by atoms with Crippen molar-refractivity contribution in [2.45, 2.75) is 27.7 Å². The van der Waals surface area contributed by atoms with E-state index in [0.29, 0.717) is 17.1 Å². The number of carbonyl (C=O) groups is 1. The van der Waals surface area contributed by atoms with Gasteiger partial charge in [0.15, 0.2) is 5.78 Å². The zero-order valence-electron chi connectivity index (χ0n) is 10.9. The van der Waals surface area contributed by atoms with Crippen molar-refractivity contribution < 1.29 is 13.6 Å². The molecule has 2 aromatic rings. The van der Waals surface area contributed by atoms with E-state index in [4.69, 9.17) is 4.42 Å². The van der Waals surface area contributed by atoms with Gasteiger partial charge in [-0.2, -0.15) is 0 Å². The van der Waals surface area contributed by atoms with E-state index in [1.165, 1.54) is 6.07 Å². The number of halogens is 1. The summed E-state index contributed by atoms with van der Waals surface area (Å²) in [5.41, 5.74) is 2.20. The number of ketones is 1. The molecule has 0 aliphatic carbocycles. The van der Waals surface area contributed by atoms with Gasteiger partial charge in [-0.15, -0.1) is 0 Å². The minimum atomic E-state index is -0.497. The van der Waals surface area contributed by atoms with Crippen LogP contribution >= 0.6 is 0 Å². The highest BCUT2D eigenvalue weighted by Crippen LogP contribution is 2.25. The molecular formula is C15H15FO2. The van der Waals surface area contributed by atoms with Gasteiger partial charge in [-0.25, -0.2) is 4.39 Å². The number of furan rings is 1. The fourth-order valence-corrected chi connectivity index (χ4v) is 2.08. The third-order valence-corrected chi connectivity index (χ3v) is 3.15. The van der Waals surface area contributed by atoms with Crippen LogP contribution in [0.3, 0.4) is 0 Å². The zero-order valence-corrected chi connectivity index (χ0v) is 10.9. The molecule has 0 fully saturated rings. The lowest BCUT2D eigenvalue weighted by Crippen LogP contribution is -2.06. The lowest BCUT2D eigenvalue weighted by molar-refractivity contribution is 0.103. The summed E-state index contributed by atoms with van der Waals surface area (Å²) in [5, 5.41) is 0. The average Bonchev–Trinajstić information content (AvgIpc) is 2.56. The largest absolute Gasteiger partial charge is 0.466 e. The monoisotopic (exact) mass is 246 g/mol. The molecule has 2 nitrogen and oxygen atoms in total. The van der Waals surface area contributed by atoms with Crippen molar-refractivity contribution in [3.8, 4) is 0 Å². The van der Waals surface area contributed by atoms with E-state index >= 15 is 0 Å². The van der Waals surface area contributed by atoms with Crippen LogP contribution in [-0.2, 0) is 0 Å². The summed E-state index contributed by atoms with van der Waals surface area (Å²) in [6.45, 7) is 7.16. The fourth-order valence-electron chi connectivity index (χ4n) is 2.08. The Bertz CT molecular complexity index is 624. The van der Waals surface area contributed by atoms with E-state index in [2.05, 4.69) is 0 Å². The van der Waals surface area contributed by atoms with E-state index < -0.39 is 5.82 Å². The maximum Gasteiger partial charge on any atom is 0.199 e. The normalized spacial score (nSPS) is 10.7. The highest BCUT2D eigenvalue weighted by molar-refractivity contribution is 6.10. The molecule has 0 atom stereocenters. The van der Waals surface area contributed by atoms with Crippen LogP contribution in [0, 0.1) is 33.5 Å². The van der Waals surface area contributed by atoms with Crippen molar-refractivity contribution in [2.75, 3.05) is 0 Å². The van der Waals surface area contributed by atoms with Gasteiger partial charge in [0.25, 0.3) is 0 Å². The lowest BCUT2D eigenvalue weighted by atomic mass is 9.98. The molecule has 0 aliphatic rings. The molecule has 3 heteroatoms. The first-order valence-corrected chi connectivity index (χ1v) is 5.79. The third kappa shape index (κ3) is 1.96. The van der Waals surface area contributed by atoms with E-state index in [1.54, 1.807) is 26.0 Å². The van der Waals surface area contributed by atoms with Crippen LogP contribution in [0.2, 0.25) is 0 Å². The molecule has 0 saturated carbocycles. The predicted octanol–water partition coefficient (Wildman–Crippen LogP) is 3.88. The highest BCUT2D eigenvalue weighted by Gasteiger charge is 2.22. The Balaban J connectivity index is 2.58. The number of benzene rings is 1. The molecule has 1 aromatic heterocycles. The summed E-state index contributed by atoms with van der Waals surface area (Å²) >= 11 is 0. The SMILES string of the molecule is Cc1ccc(F)c(C(=O)c2c(C)oc(C)c2C)c1. The van der Waals surface area contributed by atoms with Crippen molar-refractivity contribution in [3.05, 3.63) is 57.8 Å². The minimum absolute atomic E-state index is 0.0991.